The standard InChI is InChI=1S/C19H35N/c1-5-20-17(4)19(14-8-6-7-9-16(19)3)18-12-10-15(2)11-13-18/h7,9,15-18,20H,5-6,8,10-14H2,1-4H3. The molecule has 1 saturated carbocycles. The molecule has 20 heavy (non-hydrogen) atoms. The van der Waals surface area contributed by atoms with Crippen LogP contribution in [0.5, 0.6) is 0 Å². The quantitative estimate of drug-likeness (QED) is 0.699. The Bertz CT molecular complexity index is 314. The van der Waals surface area contributed by atoms with Crippen LogP contribution in [-0.4, -0.2) is 12.6 Å². The van der Waals surface area contributed by atoms with E-state index in [4.69, 9.17) is 0 Å². The molecular weight excluding hydrogens is 242 g/mol. The van der Waals surface area contributed by atoms with Crippen molar-refractivity contribution in [3.05, 3.63) is 12.2 Å². The van der Waals surface area contributed by atoms with Crippen molar-refractivity contribution in [2.24, 2.45) is 23.2 Å². The van der Waals surface area contributed by atoms with Gasteiger partial charge in [0, 0.05) is 6.04 Å². The Morgan fingerprint density at radius 3 is 2.55 bits per heavy atom. The average Bonchev–Trinajstić information content (AvgIpc) is 2.63. The summed E-state index contributed by atoms with van der Waals surface area (Å²) in [5, 5.41) is 3.79. The summed E-state index contributed by atoms with van der Waals surface area (Å²) >= 11 is 0. The Hall–Kier alpha value is -0.300. The summed E-state index contributed by atoms with van der Waals surface area (Å²) < 4.78 is 0. The lowest BCUT2D eigenvalue weighted by Crippen LogP contribution is -2.52. The summed E-state index contributed by atoms with van der Waals surface area (Å²) in [5.41, 5.74) is 0.489. The topological polar surface area (TPSA) is 12.0 Å². The monoisotopic (exact) mass is 277 g/mol. The molecule has 0 radical (unpaired) electrons. The Morgan fingerprint density at radius 1 is 1.20 bits per heavy atom. The van der Waals surface area contributed by atoms with Crippen molar-refractivity contribution >= 4 is 0 Å². The van der Waals surface area contributed by atoms with Gasteiger partial charge in [-0.15, -0.1) is 0 Å². The van der Waals surface area contributed by atoms with Gasteiger partial charge in [-0.25, -0.2) is 0 Å². The van der Waals surface area contributed by atoms with E-state index >= 15 is 0 Å². The van der Waals surface area contributed by atoms with Gasteiger partial charge >= 0.3 is 0 Å². The fourth-order valence-electron chi connectivity index (χ4n) is 5.07. The fourth-order valence-corrected chi connectivity index (χ4v) is 5.07. The molecule has 0 heterocycles. The van der Waals surface area contributed by atoms with Gasteiger partial charge < -0.3 is 5.32 Å². The molecule has 1 N–H and O–H groups in total. The number of hydrogen-bond donors (Lipinski definition) is 1. The average molecular weight is 277 g/mol. The van der Waals surface area contributed by atoms with Gasteiger partial charge in [-0.1, -0.05) is 45.8 Å². The lowest BCUT2D eigenvalue weighted by atomic mass is 9.56. The van der Waals surface area contributed by atoms with Crippen LogP contribution in [0, 0.1) is 23.2 Å². The summed E-state index contributed by atoms with van der Waals surface area (Å²) in [7, 11) is 0. The van der Waals surface area contributed by atoms with E-state index in [1.165, 1.54) is 44.9 Å². The number of allylic oxidation sites excluding steroid dienone is 2. The van der Waals surface area contributed by atoms with Crippen LogP contribution in [0.25, 0.3) is 0 Å². The minimum absolute atomic E-state index is 0.489. The van der Waals surface area contributed by atoms with E-state index in [1.807, 2.05) is 0 Å². The Labute approximate surface area is 126 Å². The number of hydrogen-bond acceptors (Lipinski definition) is 1. The molecule has 2 aliphatic rings. The summed E-state index contributed by atoms with van der Waals surface area (Å²) in [6.45, 7) is 10.7. The zero-order valence-corrected chi connectivity index (χ0v) is 14.1. The molecule has 0 amide bonds. The van der Waals surface area contributed by atoms with Crippen LogP contribution in [0.15, 0.2) is 12.2 Å². The lowest BCUT2D eigenvalue weighted by Gasteiger charge is -2.51. The van der Waals surface area contributed by atoms with Crippen LogP contribution < -0.4 is 5.32 Å². The van der Waals surface area contributed by atoms with Gasteiger partial charge in [0.15, 0.2) is 0 Å². The van der Waals surface area contributed by atoms with Crippen LogP contribution in [0.1, 0.15) is 72.6 Å². The first-order chi connectivity index (χ1) is 9.61. The highest BCUT2D eigenvalue weighted by molar-refractivity contribution is 5.07. The molecule has 3 atom stereocenters. The Morgan fingerprint density at radius 2 is 1.90 bits per heavy atom. The van der Waals surface area contributed by atoms with Crippen LogP contribution in [0.4, 0.5) is 0 Å². The zero-order valence-electron chi connectivity index (χ0n) is 14.1. The van der Waals surface area contributed by atoms with Crippen LogP contribution >= 0.6 is 0 Å². The molecule has 0 aromatic heterocycles. The Balaban J connectivity index is 2.24. The molecule has 0 aliphatic heterocycles. The maximum atomic E-state index is 3.79. The van der Waals surface area contributed by atoms with Crippen LogP contribution in [0.3, 0.4) is 0 Å². The van der Waals surface area contributed by atoms with E-state index < -0.39 is 0 Å². The highest BCUT2D eigenvalue weighted by Crippen LogP contribution is 2.51. The van der Waals surface area contributed by atoms with Gasteiger partial charge in [-0.3, -0.25) is 0 Å². The highest BCUT2D eigenvalue weighted by Gasteiger charge is 2.46. The molecule has 116 valence electrons. The second kappa shape index (κ2) is 7.11. The highest BCUT2D eigenvalue weighted by atomic mass is 14.9. The van der Waals surface area contributed by atoms with Crippen molar-refractivity contribution < 1.29 is 0 Å². The maximum Gasteiger partial charge on any atom is 0.0103 e. The maximum absolute atomic E-state index is 3.79. The summed E-state index contributed by atoms with van der Waals surface area (Å²) in [4.78, 5) is 0. The molecule has 0 aromatic carbocycles. The molecule has 0 aromatic rings. The van der Waals surface area contributed by atoms with Crippen molar-refractivity contribution in [3.63, 3.8) is 0 Å². The van der Waals surface area contributed by atoms with Gasteiger partial charge in [0.25, 0.3) is 0 Å². The van der Waals surface area contributed by atoms with Gasteiger partial charge in [-0.05, 0) is 68.7 Å². The first-order valence-corrected chi connectivity index (χ1v) is 9.01. The van der Waals surface area contributed by atoms with Crippen molar-refractivity contribution in [2.75, 3.05) is 6.54 Å². The molecule has 2 rings (SSSR count). The zero-order chi connectivity index (χ0) is 14.6. The SMILES string of the molecule is CCNC(C)C1(C2CCC(C)CC2)CCCC=CC1C. The first kappa shape index (κ1) is 16.1. The molecule has 3 unspecified atom stereocenters. The van der Waals surface area contributed by atoms with Gasteiger partial charge in [0.1, 0.15) is 0 Å². The third-order valence-electron chi connectivity index (χ3n) is 6.35. The van der Waals surface area contributed by atoms with Crippen LogP contribution in [0.2, 0.25) is 0 Å². The number of nitrogens with one attached hydrogen (secondary N) is 1. The molecule has 1 nitrogen and oxygen atoms in total. The smallest absolute Gasteiger partial charge is 0.0103 e. The van der Waals surface area contributed by atoms with E-state index in [0.29, 0.717) is 11.5 Å². The molecule has 1 fully saturated rings. The third kappa shape index (κ3) is 3.13. The fraction of sp³-hybridized carbons (Fsp3) is 0.895. The molecule has 1 heteroatoms. The minimum atomic E-state index is 0.489. The normalized spacial score (nSPS) is 40.3. The second-order valence-electron chi connectivity index (χ2n) is 7.46. The van der Waals surface area contributed by atoms with E-state index in [9.17, 15) is 0 Å². The van der Waals surface area contributed by atoms with Crippen molar-refractivity contribution in [3.8, 4) is 0 Å². The number of rotatable bonds is 4. The molecule has 0 bridgehead atoms. The Kier molecular flexibility index (Phi) is 5.72. The van der Waals surface area contributed by atoms with E-state index in [-0.39, 0.29) is 0 Å². The summed E-state index contributed by atoms with van der Waals surface area (Å²) in [6, 6.07) is 0.642. The predicted molar refractivity (Wildman–Crippen MR) is 88.8 cm³/mol. The molecule has 0 spiro atoms. The molecule has 2 aliphatic carbocycles. The summed E-state index contributed by atoms with van der Waals surface area (Å²) in [6.07, 6.45) is 14.8. The van der Waals surface area contributed by atoms with Gasteiger partial charge in [-0.2, -0.15) is 0 Å². The predicted octanol–water partition coefficient (Wildman–Crippen LogP) is 5.17. The van der Waals surface area contributed by atoms with E-state index in [2.05, 4.69) is 45.2 Å². The van der Waals surface area contributed by atoms with Crippen molar-refractivity contribution in [2.45, 2.75) is 78.7 Å². The van der Waals surface area contributed by atoms with E-state index in [0.717, 1.165) is 24.3 Å². The lowest BCUT2D eigenvalue weighted by molar-refractivity contribution is 0.0187. The van der Waals surface area contributed by atoms with Crippen molar-refractivity contribution in [1.82, 2.24) is 5.32 Å². The van der Waals surface area contributed by atoms with Crippen LogP contribution in [-0.2, 0) is 0 Å². The molecule has 0 saturated heterocycles. The van der Waals surface area contributed by atoms with Crippen molar-refractivity contribution in [1.29, 1.82) is 0 Å². The molecular formula is C19H35N. The largest absolute Gasteiger partial charge is 0.314 e. The first-order valence-electron chi connectivity index (χ1n) is 9.01. The van der Waals surface area contributed by atoms with E-state index in [1.54, 1.807) is 0 Å². The second-order valence-corrected chi connectivity index (χ2v) is 7.46. The third-order valence-corrected chi connectivity index (χ3v) is 6.35. The minimum Gasteiger partial charge on any atom is -0.314 e. The van der Waals surface area contributed by atoms with Gasteiger partial charge in [0.2, 0.25) is 0 Å². The van der Waals surface area contributed by atoms with Gasteiger partial charge in [0.05, 0.1) is 0 Å². The summed E-state index contributed by atoms with van der Waals surface area (Å²) in [5.74, 6) is 2.59.